The second-order valence-corrected chi connectivity index (χ2v) is 8.13. The van der Waals surface area contributed by atoms with E-state index in [2.05, 4.69) is 10.3 Å². The number of rotatable bonds is 5. The van der Waals surface area contributed by atoms with E-state index in [9.17, 15) is 9.59 Å². The lowest BCUT2D eigenvalue weighted by Crippen LogP contribution is -2.40. The van der Waals surface area contributed by atoms with Crippen LogP contribution in [0.25, 0.3) is 10.9 Å². The number of hydrogen-bond acceptors (Lipinski definition) is 4. The van der Waals surface area contributed by atoms with Gasteiger partial charge in [0, 0.05) is 12.3 Å². The van der Waals surface area contributed by atoms with Gasteiger partial charge in [0.25, 0.3) is 0 Å². The van der Waals surface area contributed by atoms with E-state index in [-0.39, 0.29) is 11.9 Å². The summed E-state index contributed by atoms with van der Waals surface area (Å²) < 4.78 is 5.12. The number of aromatic nitrogens is 1. The third kappa shape index (κ3) is 4.51. The molecule has 1 fully saturated rings. The highest BCUT2D eigenvalue weighted by molar-refractivity contribution is 5.97. The maximum Gasteiger partial charge on any atom is 0.308 e. The minimum Gasteiger partial charge on any atom is -0.427 e. The Kier molecular flexibility index (Phi) is 5.79. The third-order valence-corrected chi connectivity index (χ3v) is 5.87. The molecule has 0 radical (unpaired) electrons. The van der Waals surface area contributed by atoms with Crippen molar-refractivity contribution in [1.29, 1.82) is 0 Å². The highest BCUT2D eigenvalue weighted by atomic mass is 16.5. The molecule has 4 rings (SSSR count). The average Bonchev–Trinajstić information content (AvgIpc) is 2.75. The Morgan fingerprint density at radius 3 is 2.50 bits per heavy atom. The molecule has 0 aliphatic heterocycles. The normalized spacial score (nSPS) is 15.5. The monoisotopic (exact) mass is 402 g/mol. The first-order chi connectivity index (χ1) is 14.5. The standard InChI is InChI=1S/C25H26N2O3/c1-18(28)30-22-11-9-19(10-12-22)16-25(13-5-2-6-14-25)24(29)27-21-15-20-7-3-4-8-23(20)26-17-21/h3-4,7-12,15,17H,2,5-6,13-14,16H2,1H3,(H,27,29). The molecule has 154 valence electrons. The van der Waals surface area contributed by atoms with E-state index in [4.69, 9.17) is 4.74 Å². The Morgan fingerprint density at radius 1 is 1.03 bits per heavy atom. The average molecular weight is 402 g/mol. The number of carbonyl (C=O) groups excluding carboxylic acids is 2. The number of esters is 1. The number of carbonyl (C=O) groups is 2. The minimum absolute atomic E-state index is 0.0587. The quantitative estimate of drug-likeness (QED) is 0.465. The molecule has 1 heterocycles. The van der Waals surface area contributed by atoms with Crippen molar-refractivity contribution in [1.82, 2.24) is 4.98 Å². The number of ether oxygens (including phenoxy) is 1. The Morgan fingerprint density at radius 2 is 1.77 bits per heavy atom. The van der Waals surface area contributed by atoms with Gasteiger partial charge in [0.15, 0.2) is 0 Å². The summed E-state index contributed by atoms with van der Waals surface area (Å²) in [5.74, 6) is 0.244. The molecule has 1 amide bonds. The topological polar surface area (TPSA) is 68.3 Å². The van der Waals surface area contributed by atoms with Gasteiger partial charge < -0.3 is 10.1 Å². The summed E-state index contributed by atoms with van der Waals surface area (Å²) in [5.41, 5.74) is 2.27. The van der Waals surface area contributed by atoms with Gasteiger partial charge in [0.2, 0.25) is 5.91 Å². The van der Waals surface area contributed by atoms with Crippen molar-refractivity contribution < 1.29 is 14.3 Å². The fraction of sp³-hybridized carbons (Fsp3) is 0.320. The summed E-state index contributed by atoms with van der Waals surface area (Å²) in [4.78, 5) is 29.0. The molecule has 1 N–H and O–H groups in total. The molecule has 1 aromatic heterocycles. The zero-order valence-electron chi connectivity index (χ0n) is 17.2. The molecule has 3 aromatic rings. The SMILES string of the molecule is CC(=O)Oc1ccc(CC2(C(=O)Nc3cnc4ccccc4c3)CCCCC2)cc1. The van der Waals surface area contributed by atoms with E-state index in [0.717, 1.165) is 54.3 Å². The Labute approximate surface area is 176 Å². The Balaban J connectivity index is 1.54. The fourth-order valence-corrected chi connectivity index (χ4v) is 4.35. The van der Waals surface area contributed by atoms with Crippen LogP contribution in [0.4, 0.5) is 5.69 Å². The predicted molar refractivity (Wildman–Crippen MR) is 117 cm³/mol. The van der Waals surface area contributed by atoms with Crippen molar-refractivity contribution in [3.8, 4) is 5.75 Å². The summed E-state index contributed by atoms with van der Waals surface area (Å²) in [7, 11) is 0. The summed E-state index contributed by atoms with van der Waals surface area (Å²) in [6.07, 6.45) is 7.39. The molecule has 0 bridgehead atoms. The number of anilines is 1. The Bertz CT molecular complexity index is 1050. The number of benzene rings is 2. The van der Waals surface area contributed by atoms with Gasteiger partial charge in [-0.3, -0.25) is 14.6 Å². The lowest BCUT2D eigenvalue weighted by molar-refractivity contribution is -0.132. The number of para-hydroxylation sites is 1. The summed E-state index contributed by atoms with van der Waals surface area (Å²) in [6, 6.07) is 17.3. The third-order valence-electron chi connectivity index (χ3n) is 5.87. The van der Waals surface area contributed by atoms with E-state index >= 15 is 0 Å². The number of hydrogen-bond donors (Lipinski definition) is 1. The molecule has 0 atom stereocenters. The molecule has 1 saturated carbocycles. The van der Waals surface area contributed by atoms with Gasteiger partial charge in [0.1, 0.15) is 5.75 Å². The van der Waals surface area contributed by atoms with Crippen LogP contribution in [-0.4, -0.2) is 16.9 Å². The first kappa shape index (κ1) is 20.1. The molecule has 0 spiro atoms. The first-order valence-electron chi connectivity index (χ1n) is 10.5. The van der Waals surface area contributed by atoms with Crippen molar-refractivity contribution in [2.45, 2.75) is 45.4 Å². The van der Waals surface area contributed by atoms with Crippen LogP contribution in [0.2, 0.25) is 0 Å². The van der Waals surface area contributed by atoms with Crippen LogP contribution < -0.4 is 10.1 Å². The number of nitrogens with zero attached hydrogens (tertiary/aromatic N) is 1. The van der Waals surface area contributed by atoms with E-state index in [1.807, 2.05) is 42.5 Å². The van der Waals surface area contributed by atoms with Crippen LogP contribution in [0.5, 0.6) is 5.75 Å². The van der Waals surface area contributed by atoms with Gasteiger partial charge in [-0.1, -0.05) is 49.6 Å². The van der Waals surface area contributed by atoms with Gasteiger partial charge in [-0.2, -0.15) is 0 Å². The van der Waals surface area contributed by atoms with Crippen LogP contribution in [0, 0.1) is 5.41 Å². The van der Waals surface area contributed by atoms with Crippen molar-refractivity contribution in [2.75, 3.05) is 5.32 Å². The number of fused-ring (bicyclic) bond motifs is 1. The minimum atomic E-state index is -0.438. The molecule has 30 heavy (non-hydrogen) atoms. The van der Waals surface area contributed by atoms with Crippen molar-refractivity contribution >= 4 is 28.5 Å². The summed E-state index contributed by atoms with van der Waals surface area (Å²) >= 11 is 0. The van der Waals surface area contributed by atoms with Crippen LogP contribution in [-0.2, 0) is 16.0 Å². The second-order valence-electron chi connectivity index (χ2n) is 8.13. The molecule has 5 nitrogen and oxygen atoms in total. The van der Waals surface area contributed by atoms with Gasteiger partial charge >= 0.3 is 5.97 Å². The maximum absolute atomic E-state index is 13.4. The summed E-state index contributed by atoms with van der Waals surface area (Å²) in [5, 5.41) is 4.14. The van der Waals surface area contributed by atoms with E-state index in [0.29, 0.717) is 12.2 Å². The maximum atomic E-state index is 13.4. The lowest BCUT2D eigenvalue weighted by atomic mass is 9.69. The van der Waals surface area contributed by atoms with Gasteiger partial charge in [-0.15, -0.1) is 0 Å². The van der Waals surface area contributed by atoms with E-state index in [1.54, 1.807) is 18.3 Å². The van der Waals surface area contributed by atoms with Gasteiger partial charge in [-0.05, 0) is 49.1 Å². The van der Waals surface area contributed by atoms with Gasteiger partial charge in [0.05, 0.1) is 22.8 Å². The predicted octanol–water partition coefficient (Wildman–Crippen LogP) is 5.29. The molecule has 1 aliphatic carbocycles. The van der Waals surface area contributed by atoms with Crippen LogP contribution >= 0.6 is 0 Å². The van der Waals surface area contributed by atoms with Gasteiger partial charge in [-0.25, -0.2) is 0 Å². The van der Waals surface area contributed by atoms with Crippen LogP contribution in [0.3, 0.4) is 0 Å². The smallest absolute Gasteiger partial charge is 0.308 e. The molecular formula is C25H26N2O3. The number of amides is 1. The molecule has 5 heteroatoms. The van der Waals surface area contributed by atoms with Crippen LogP contribution in [0.1, 0.15) is 44.6 Å². The number of pyridine rings is 1. The molecular weight excluding hydrogens is 376 g/mol. The van der Waals surface area contributed by atoms with Crippen LogP contribution in [0.15, 0.2) is 60.8 Å². The van der Waals surface area contributed by atoms with E-state index in [1.165, 1.54) is 6.92 Å². The molecule has 2 aromatic carbocycles. The molecule has 0 unspecified atom stereocenters. The van der Waals surface area contributed by atoms with Crippen molar-refractivity contribution in [3.63, 3.8) is 0 Å². The second kappa shape index (κ2) is 8.66. The van der Waals surface area contributed by atoms with Crippen molar-refractivity contribution in [3.05, 3.63) is 66.4 Å². The van der Waals surface area contributed by atoms with Crippen molar-refractivity contribution in [2.24, 2.45) is 5.41 Å². The summed E-state index contributed by atoms with van der Waals surface area (Å²) in [6.45, 7) is 1.39. The molecule has 1 aliphatic rings. The zero-order valence-corrected chi connectivity index (χ0v) is 17.2. The molecule has 0 saturated heterocycles. The Hall–Kier alpha value is -3.21. The first-order valence-corrected chi connectivity index (χ1v) is 10.5. The zero-order chi connectivity index (χ0) is 21.0. The largest absolute Gasteiger partial charge is 0.427 e. The van der Waals surface area contributed by atoms with E-state index < -0.39 is 5.41 Å². The highest BCUT2D eigenvalue weighted by Gasteiger charge is 2.39. The lowest BCUT2D eigenvalue weighted by Gasteiger charge is -2.36. The fourth-order valence-electron chi connectivity index (χ4n) is 4.35. The number of nitrogens with one attached hydrogen (secondary N) is 1. The highest BCUT2D eigenvalue weighted by Crippen LogP contribution is 2.40.